The third kappa shape index (κ3) is 1.62. The molecule has 0 saturated carbocycles. The van der Waals surface area contributed by atoms with E-state index in [1.165, 1.54) is 11.1 Å². The molecule has 4 rings (SSSR count). The number of benzene rings is 2. The number of hydrogen-bond acceptors (Lipinski definition) is 3. The van der Waals surface area contributed by atoms with Crippen molar-refractivity contribution >= 4 is 31.9 Å². The van der Waals surface area contributed by atoms with Gasteiger partial charge in [0.25, 0.3) is 0 Å². The first-order valence-electron chi connectivity index (χ1n) is 6.56. The van der Waals surface area contributed by atoms with Gasteiger partial charge in [-0.25, -0.2) is 0 Å². The molecule has 5 heteroatoms. The molecule has 2 bridgehead atoms. The first-order valence-corrected chi connectivity index (χ1v) is 8.14. The van der Waals surface area contributed by atoms with E-state index in [0.717, 1.165) is 31.6 Å². The van der Waals surface area contributed by atoms with Crippen LogP contribution >= 0.6 is 31.9 Å². The van der Waals surface area contributed by atoms with Gasteiger partial charge in [0.2, 0.25) is 0 Å². The van der Waals surface area contributed by atoms with Gasteiger partial charge in [0.15, 0.2) is 0 Å². The average molecular weight is 412 g/mol. The van der Waals surface area contributed by atoms with Crippen molar-refractivity contribution in [1.82, 2.24) is 0 Å². The number of rotatable bonds is 2. The number of halogens is 2. The van der Waals surface area contributed by atoms with Gasteiger partial charge in [-0.05, 0) is 43.0 Å². The van der Waals surface area contributed by atoms with E-state index in [1.807, 2.05) is 12.1 Å². The maximum atomic E-state index is 6.21. The summed E-state index contributed by atoms with van der Waals surface area (Å²) in [5.74, 6) is 1.61. The van der Waals surface area contributed by atoms with Crippen LogP contribution in [0, 0.1) is 0 Å². The van der Waals surface area contributed by atoms with Crippen LogP contribution in [0.3, 0.4) is 0 Å². The topological polar surface area (TPSA) is 27.7 Å². The lowest BCUT2D eigenvalue weighted by molar-refractivity contribution is 0.0840. The summed E-state index contributed by atoms with van der Waals surface area (Å²) >= 11 is 7.18. The number of fused-ring (bicyclic) bond motifs is 8. The Labute approximate surface area is 139 Å². The molecule has 0 aromatic heterocycles. The predicted molar refractivity (Wildman–Crippen MR) is 86.2 cm³/mol. The molecule has 0 spiro atoms. The maximum Gasteiger partial charge on any atom is 0.141 e. The fourth-order valence-corrected chi connectivity index (χ4v) is 4.43. The minimum atomic E-state index is -0.0885. The molecule has 0 amide bonds. The van der Waals surface area contributed by atoms with Crippen LogP contribution < -0.4 is 9.47 Å². The molecule has 21 heavy (non-hydrogen) atoms. The molecule has 0 radical (unpaired) electrons. The number of methoxy groups -OCH3 is 2. The van der Waals surface area contributed by atoms with E-state index < -0.39 is 0 Å². The maximum absolute atomic E-state index is 6.21. The van der Waals surface area contributed by atoms with E-state index >= 15 is 0 Å². The molecular weight excluding hydrogens is 400 g/mol. The van der Waals surface area contributed by atoms with Gasteiger partial charge in [-0.1, -0.05) is 24.3 Å². The van der Waals surface area contributed by atoms with Gasteiger partial charge < -0.3 is 14.2 Å². The summed E-state index contributed by atoms with van der Waals surface area (Å²) in [5, 5.41) is 0. The molecule has 0 saturated heterocycles. The van der Waals surface area contributed by atoms with Gasteiger partial charge in [0, 0.05) is 11.1 Å². The number of ether oxygens (including phenoxy) is 3. The average Bonchev–Trinajstić information content (AvgIpc) is 3.06. The molecule has 2 aromatic rings. The summed E-state index contributed by atoms with van der Waals surface area (Å²) in [7, 11) is 3.36. The Morgan fingerprint density at radius 2 is 1.29 bits per heavy atom. The minimum Gasteiger partial charge on any atom is -0.495 e. The van der Waals surface area contributed by atoms with Crippen LogP contribution in [0.1, 0.15) is 34.5 Å². The van der Waals surface area contributed by atoms with Crippen LogP contribution in [0.25, 0.3) is 0 Å². The summed E-state index contributed by atoms with van der Waals surface area (Å²) in [6.45, 7) is 0. The first kappa shape index (κ1) is 13.6. The summed E-state index contributed by atoms with van der Waals surface area (Å²) in [6.07, 6.45) is -0.177. The van der Waals surface area contributed by atoms with Crippen LogP contribution in [0.5, 0.6) is 11.5 Å². The van der Waals surface area contributed by atoms with Crippen LogP contribution in [-0.4, -0.2) is 14.2 Å². The zero-order valence-corrected chi connectivity index (χ0v) is 14.6. The minimum absolute atomic E-state index is 0.0885. The van der Waals surface area contributed by atoms with E-state index in [4.69, 9.17) is 14.2 Å². The fraction of sp³-hybridized carbons (Fsp3) is 0.250. The van der Waals surface area contributed by atoms with Gasteiger partial charge in [0.1, 0.15) is 23.7 Å². The first-order chi connectivity index (χ1) is 10.2. The molecular formula is C16H12Br2O3. The van der Waals surface area contributed by atoms with Gasteiger partial charge in [-0.15, -0.1) is 0 Å². The van der Waals surface area contributed by atoms with Gasteiger partial charge >= 0.3 is 0 Å². The Morgan fingerprint density at radius 1 is 0.857 bits per heavy atom. The van der Waals surface area contributed by atoms with Crippen LogP contribution in [-0.2, 0) is 4.74 Å². The molecule has 2 aliphatic rings. The monoisotopic (exact) mass is 410 g/mol. The smallest absolute Gasteiger partial charge is 0.141 e. The lowest BCUT2D eigenvalue weighted by Gasteiger charge is -2.22. The lowest BCUT2D eigenvalue weighted by Crippen LogP contribution is -2.08. The molecule has 108 valence electrons. The second-order valence-corrected chi connectivity index (χ2v) is 6.63. The largest absolute Gasteiger partial charge is 0.495 e. The van der Waals surface area contributed by atoms with Crippen molar-refractivity contribution in [2.24, 2.45) is 0 Å². The van der Waals surface area contributed by atoms with Crippen molar-refractivity contribution < 1.29 is 14.2 Å². The standard InChI is InChI=1S/C16H12Br2O3/c1-19-15-9-10(16(20-2)12(18)11(15)17)14-8-6-4-3-5-7(8)13(9)21-14/h3-6,13-14H,1-2H3. The van der Waals surface area contributed by atoms with E-state index in [-0.39, 0.29) is 12.2 Å². The normalized spacial score (nSPS) is 21.1. The quantitative estimate of drug-likeness (QED) is 0.713. The molecule has 0 N–H and O–H groups in total. The van der Waals surface area contributed by atoms with E-state index in [1.54, 1.807) is 14.2 Å². The molecule has 2 aliphatic heterocycles. The van der Waals surface area contributed by atoms with E-state index in [0.29, 0.717) is 0 Å². The zero-order chi connectivity index (χ0) is 14.7. The van der Waals surface area contributed by atoms with Crippen molar-refractivity contribution in [2.45, 2.75) is 12.2 Å². The summed E-state index contributed by atoms with van der Waals surface area (Å²) in [6, 6.07) is 8.32. The van der Waals surface area contributed by atoms with Gasteiger partial charge in [0.05, 0.1) is 23.2 Å². The number of hydrogen-bond donors (Lipinski definition) is 0. The predicted octanol–water partition coefficient (Wildman–Crippen LogP) is 4.75. The van der Waals surface area contributed by atoms with Crippen molar-refractivity contribution in [3.05, 3.63) is 55.5 Å². The fourth-order valence-electron chi connectivity index (χ4n) is 3.32. The lowest BCUT2D eigenvalue weighted by atomic mass is 9.85. The summed E-state index contributed by atoms with van der Waals surface area (Å²) < 4.78 is 19.2. The third-order valence-electron chi connectivity index (χ3n) is 4.14. The molecule has 3 nitrogen and oxygen atoms in total. The van der Waals surface area contributed by atoms with Crippen molar-refractivity contribution in [3.63, 3.8) is 0 Å². The van der Waals surface area contributed by atoms with E-state index in [9.17, 15) is 0 Å². The Kier molecular flexibility index (Phi) is 3.07. The second kappa shape index (κ2) is 4.73. The SMILES string of the molecule is COc1c(Br)c(Br)c(OC)c2c1C1OC2c2ccccc21. The Morgan fingerprint density at radius 3 is 1.67 bits per heavy atom. The van der Waals surface area contributed by atoms with Crippen molar-refractivity contribution in [1.29, 1.82) is 0 Å². The molecule has 2 aromatic carbocycles. The second-order valence-electron chi connectivity index (χ2n) is 5.05. The zero-order valence-electron chi connectivity index (χ0n) is 11.4. The van der Waals surface area contributed by atoms with Crippen molar-refractivity contribution in [3.8, 4) is 11.5 Å². The van der Waals surface area contributed by atoms with Crippen LogP contribution in [0.2, 0.25) is 0 Å². The van der Waals surface area contributed by atoms with Crippen LogP contribution in [0.4, 0.5) is 0 Å². The summed E-state index contributed by atoms with van der Waals surface area (Å²) in [5.41, 5.74) is 4.55. The molecule has 2 atom stereocenters. The molecule has 2 heterocycles. The Balaban J connectivity index is 2.06. The van der Waals surface area contributed by atoms with E-state index in [2.05, 4.69) is 44.0 Å². The van der Waals surface area contributed by atoms with Crippen LogP contribution in [0.15, 0.2) is 33.2 Å². The highest BCUT2D eigenvalue weighted by Gasteiger charge is 2.47. The third-order valence-corrected chi connectivity index (χ3v) is 6.18. The highest BCUT2D eigenvalue weighted by molar-refractivity contribution is 9.13. The van der Waals surface area contributed by atoms with Crippen molar-refractivity contribution in [2.75, 3.05) is 14.2 Å². The highest BCUT2D eigenvalue weighted by atomic mass is 79.9. The Hall–Kier alpha value is -1.04. The molecule has 0 fully saturated rings. The highest BCUT2D eigenvalue weighted by Crippen LogP contribution is 2.62. The molecule has 0 aliphatic carbocycles. The summed E-state index contributed by atoms with van der Waals surface area (Å²) in [4.78, 5) is 0. The Bertz CT molecular complexity index is 696. The van der Waals surface area contributed by atoms with Gasteiger partial charge in [-0.3, -0.25) is 0 Å². The molecule has 2 unspecified atom stereocenters. The van der Waals surface area contributed by atoms with Gasteiger partial charge in [-0.2, -0.15) is 0 Å².